The number of anilines is 3. The standard InChI is InChI=1S/C37H29NO/c1-39-34-26-31(28-15-6-2-7-16-28)25-33(27-34)38(32-21-12-5-13-22-32)37-35(29-17-8-3-9-18-29)23-14-24-36(37)30-19-10-4-11-20-30/h2-27H,1H3. The summed E-state index contributed by atoms with van der Waals surface area (Å²) in [6.07, 6.45) is 0. The van der Waals surface area contributed by atoms with Crippen molar-refractivity contribution in [1.29, 1.82) is 0 Å². The number of benzene rings is 6. The Morgan fingerprint density at radius 3 is 1.41 bits per heavy atom. The van der Waals surface area contributed by atoms with E-state index < -0.39 is 0 Å². The fourth-order valence-electron chi connectivity index (χ4n) is 5.10. The zero-order valence-electron chi connectivity index (χ0n) is 21.9. The van der Waals surface area contributed by atoms with E-state index in [0.717, 1.165) is 56.2 Å². The summed E-state index contributed by atoms with van der Waals surface area (Å²) in [6.45, 7) is 0. The van der Waals surface area contributed by atoms with Crippen LogP contribution in [0.2, 0.25) is 0 Å². The zero-order chi connectivity index (χ0) is 26.4. The van der Waals surface area contributed by atoms with Crippen LogP contribution in [0, 0.1) is 0 Å². The van der Waals surface area contributed by atoms with Crippen LogP contribution < -0.4 is 9.64 Å². The molecule has 0 N–H and O–H groups in total. The Hall–Kier alpha value is -5.08. The maximum Gasteiger partial charge on any atom is 0.121 e. The zero-order valence-corrected chi connectivity index (χ0v) is 21.9. The number of nitrogens with zero attached hydrogens (tertiary/aromatic N) is 1. The summed E-state index contributed by atoms with van der Waals surface area (Å²) in [7, 11) is 1.73. The summed E-state index contributed by atoms with van der Waals surface area (Å²) in [5.74, 6) is 0.811. The van der Waals surface area contributed by atoms with E-state index in [9.17, 15) is 0 Å². The molecule has 188 valence electrons. The minimum atomic E-state index is 0.811. The average molecular weight is 504 g/mol. The van der Waals surface area contributed by atoms with E-state index in [0.29, 0.717) is 0 Å². The van der Waals surface area contributed by atoms with Gasteiger partial charge in [-0.3, -0.25) is 0 Å². The maximum atomic E-state index is 5.84. The van der Waals surface area contributed by atoms with Crippen molar-refractivity contribution in [3.05, 3.63) is 158 Å². The molecule has 0 bridgehead atoms. The van der Waals surface area contributed by atoms with Crippen molar-refractivity contribution in [2.45, 2.75) is 0 Å². The maximum absolute atomic E-state index is 5.84. The Balaban J connectivity index is 1.68. The highest BCUT2D eigenvalue weighted by atomic mass is 16.5. The van der Waals surface area contributed by atoms with E-state index in [1.54, 1.807) is 7.11 Å². The smallest absolute Gasteiger partial charge is 0.121 e. The summed E-state index contributed by atoms with van der Waals surface area (Å²) >= 11 is 0. The lowest BCUT2D eigenvalue weighted by Gasteiger charge is -2.31. The second-order valence-corrected chi connectivity index (χ2v) is 9.39. The molecule has 6 aromatic carbocycles. The molecule has 0 atom stereocenters. The van der Waals surface area contributed by atoms with Gasteiger partial charge in [0.25, 0.3) is 0 Å². The highest BCUT2D eigenvalue weighted by Crippen LogP contribution is 2.47. The van der Waals surface area contributed by atoms with Gasteiger partial charge in [-0.05, 0) is 46.5 Å². The molecule has 0 heterocycles. The van der Waals surface area contributed by atoms with E-state index in [1.165, 1.54) is 0 Å². The van der Waals surface area contributed by atoms with Gasteiger partial charge in [0.1, 0.15) is 5.75 Å². The van der Waals surface area contributed by atoms with Gasteiger partial charge < -0.3 is 9.64 Å². The first kappa shape index (κ1) is 24.3. The lowest BCUT2D eigenvalue weighted by atomic mass is 9.94. The molecule has 0 amide bonds. The predicted molar refractivity (Wildman–Crippen MR) is 164 cm³/mol. The van der Waals surface area contributed by atoms with Gasteiger partial charge in [-0.25, -0.2) is 0 Å². The highest BCUT2D eigenvalue weighted by Gasteiger charge is 2.22. The first-order chi connectivity index (χ1) is 19.3. The van der Waals surface area contributed by atoms with Crippen LogP contribution in [0.25, 0.3) is 33.4 Å². The summed E-state index contributed by atoms with van der Waals surface area (Å²) in [5, 5.41) is 0. The van der Waals surface area contributed by atoms with Crippen molar-refractivity contribution in [1.82, 2.24) is 0 Å². The third-order valence-electron chi connectivity index (χ3n) is 6.94. The second kappa shape index (κ2) is 11.1. The van der Waals surface area contributed by atoms with Crippen LogP contribution in [0.5, 0.6) is 5.75 Å². The summed E-state index contributed by atoms with van der Waals surface area (Å²) in [5.41, 5.74) is 10.1. The van der Waals surface area contributed by atoms with Gasteiger partial charge in [0.15, 0.2) is 0 Å². The molecule has 0 aromatic heterocycles. The third kappa shape index (κ3) is 5.05. The molecule has 0 unspecified atom stereocenters. The summed E-state index contributed by atoms with van der Waals surface area (Å²) in [4.78, 5) is 2.36. The minimum absolute atomic E-state index is 0.811. The summed E-state index contributed by atoms with van der Waals surface area (Å²) < 4.78 is 5.84. The normalized spacial score (nSPS) is 10.7. The van der Waals surface area contributed by atoms with Crippen molar-refractivity contribution < 1.29 is 4.74 Å². The number of hydrogen-bond acceptors (Lipinski definition) is 2. The molecule has 0 aliphatic carbocycles. The van der Waals surface area contributed by atoms with Gasteiger partial charge in [-0.2, -0.15) is 0 Å². The van der Waals surface area contributed by atoms with Gasteiger partial charge in [0, 0.05) is 22.9 Å². The molecule has 0 fully saturated rings. The molecule has 6 aromatic rings. The van der Waals surface area contributed by atoms with Crippen LogP contribution in [0.4, 0.5) is 17.1 Å². The Morgan fingerprint density at radius 1 is 0.410 bits per heavy atom. The van der Waals surface area contributed by atoms with Gasteiger partial charge in [0.2, 0.25) is 0 Å². The van der Waals surface area contributed by atoms with Crippen molar-refractivity contribution in [3.8, 4) is 39.1 Å². The predicted octanol–water partition coefficient (Wildman–Crippen LogP) is 10.2. The third-order valence-corrected chi connectivity index (χ3v) is 6.94. The van der Waals surface area contributed by atoms with Crippen LogP contribution >= 0.6 is 0 Å². The van der Waals surface area contributed by atoms with Crippen LogP contribution in [-0.2, 0) is 0 Å². The molecule has 0 radical (unpaired) electrons. The van der Waals surface area contributed by atoms with Crippen LogP contribution in [0.1, 0.15) is 0 Å². The van der Waals surface area contributed by atoms with Crippen LogP contribution in [-0.4, -0.2) is 7.11 Å². The summed E-state index contributed by atoms with van der Waals surface area (Å²) in [6, 6.07) is 55.3. The second-order valence-electron chi connectivity index (χ2n) is 9.39. The molecule has 39 heavy (non-hydrogen) atoms. The molecule has 0 saturated carbocycles. The molecule has 6 rings (SSSR count). The Morgan fingerprint density at radius 2 is 0.897 bits per heavy atom. The molecule has 0 aliphatic rings. The number of methoxy groups -OCH3 is 1. The fraction of sp³-hybridized carbons (Fsp3) is 0.0270. The molecular weight excluding hydrogens is 474 g/mol. The van der Waals surface area contributed by atoms with Crippen LogP contribution in [0.3, 0.4) is 0 Å². The molecule has 2 nitrogen and oxygen atoms in total. The van der Waals surface area contributed by atoms with Gasteiger partial charge in [-0.15, -0.1) is 0 Å². The number of rotatable bonds is 7. The van der Waals surface area contributed by atoms with Gasteiger partial charge >= 0.3 is 0 Å². The lowest BCUT2D eigenvalue weighted by molar-refractivity contribution is 0.415. The largest absolute Gasteiger partial charge is 0.497 e. The SMILES string of the molecule is COc1cc(-c2ccccc2)cc(N(c2ccccc2)c2c(-c3ccccc3)cccc2-c2ccccc2)c1. The molecule has 0 spiro atoms. The molecule has 2 heteroatoms. The van der Waals surface area contributed by atoms with Crippen molar-refractivity contribution in [3.63, 3.8) is 0 Å². The Bertz CT molecular complexity index is 1610. The Labute approximate surface area is 230 Å². The molecule has 0 saturated heterocycles. The van der Waals surface area contributed by atoms with E-state index in [-0.39, 0.29) is 0 Å². The van der Waals surface area contributed by atoms with E-state index in [1.807, 2.05) is 6.07 Å². The first-order valence-corrected chi connectivity index (χ1v) is 13.2. The highest BCUT2D eigenvalue weighted by molar-refractivity contribution is 5.98. The fourth-order valence-corrected chi connectivity index (χ4v) is 5.10. The van der Waals surface area contributed by atoms with Crippen molar-refractivity contribution >= 4 is 17.1 Å². The van der Waals surface area contributed by atoms with Crippen molar-refractivity contribution in [2.24, 2.45) is 0 Å². The topological polar surface area (TPSA) is 12.5 Å². The van der Waals surface area contributed by atoms with E-state index in [4.69, 9.17) is 4.74 Å². The molecular formula is C37H29NO. The van der Waals surface area contributed by atoms with E-state index >= 15 is 0 Å². The monoisotopic (exact) mass is 503 g/mol. The van der Waals surface area contributed by atoms with E-state index in [2.05, 4.69) is 157 Å². The first-order valence-electron chi connectivity index (χ1n) is 13.2. The van der Waals surface area contributed by atoms with Gasteiger partial charge in [-0.1, -0.05) is 127 Å². The number of ether oxygens (including phenoxy) is 1. The number of para-hydroxylation sites is 2. The minimum Gasteiger partial charge on any atom is -0.497 e. The Kier molecular flexibility index (Phi) is 6.92. The van der Waals surface area contributed by atoms with Crippen molar-refractivity contribution in [2.75, 3.05) is 12.0 Å². The number of hydrogen-bond donors (Lipinski definition) is 0. The lowest BCUT2D eigenvalue weighted by Crippen LogP contribution is -2.13. The van der Waals surface area contributed by atoms with Crippen LogP contribution in [0.15, 0.2) is 158 Å². The quantitative estimate of drug-likeness (QED) is 0.215. The van der Waals surface area contributed by atoms with Gasteiger partial charge in [0.05, 0.1) is 18.5 Å². The molecule has 0 aliphatic heterocycles. The average Bonchev–Trinajstić information content (AvgIpc) is 3.03.